The number of amides is 3. The van der Waals surface area contributed by atoms with Crippen LogP contribution < -0.4 is 16.4 Å². The smallest absolute Gasteiger partial charge is 0.264 e. The van der Waals surface area contributed by atoms with Gasteiger partial charge in [-0.3, -0.25) is 24.1 Å². The average molecular weight is 785 g/mol. The molecule has 3 amide bonds. The number of unbranched alkanes of at least 4 members (excludes halogenated alkanes) is 1. The summed E-state index contributed by atoms with van der Waals surface area (Å²) in [4.78, 5) is 64.6. The molecular formula is C45H48N6O5S. The number of nitrogens with one attached hydrogen (secondary N) is 2. The maximum atomic E-state index is 13.3. The molecular weight excluding hydrogens is 737 g/mol. The first-order valence-corrected chi connectivity index (χ1v) is 20.9. The van der Waals surface area contributed by atoms with Crippen molar-refractivity contribution in [3.05, 3.63) is 107 Å². The number of carbonyl (C=O) groups excluding carboxylic acids is 5. The van der Waals surface area contributed by atoms with E-state index in [2.05, 4.69) is 90.5 Å². The van der Waals surface area contributed by atoms with Crippen LogP contribution in [0.5, 0.6) is 0 Å². The number of nitrogens with zero attached hydrogens (tertiary/aromatic N) is 3. The van der Waals surface area contributed by atoms with E-state index < -0.39 is 23.8 Å². The van der Waals surface area contributed by atoms with Crippen LogP contribution in [-0.4, -0.2) is 63.1 Å². The molecule has 11 nitrogen and oxygen atoms in total. The third-order valence-corrected chi connectivity index (χ3v) is 12.2. The average Bonchev–Trinajstić information content (AvgIpc) is 3.69. The van der Waals surface area contributed by atoms with Crippen molar-refractivity contribution in [1.82, 2.24) is 14.5 Å². The number of anilines is 3. The van der Waals surface area contributed by atoms with Gasteiger partial charge < -0.3 is 21.2 Å². The molecule has 3 aromatic carbocycles. The summed E-state index contributed by atoms with van der Waals surface area (Å²) in [6.07, 6.45) is 8.33. The maximum absolute atomic E-state index is 13.3. The van der Waals surface area contributed by atoms with Crippen molar-refractivity contribution < 1.29 is 24.0 Å². The highest BCUT2D eigenvalue weighted by molar-refractivity contribution is 7.98. The van der Waals surface area contributed by atoms with E-state index in [9.17, 15) is 24.0 Å². The number of thioether (sulfide) groups is 1. The van der Waals surface area contributed by atoms with Gasteiger partial charge in [0.25, 0.3) is 11.8 Å². The summed E-state index contributed by atoms with van der Waals surface area (Å²) in [5, 5.41) is 11.8. The van der Waals surface area contributed by atoms with Crippen LogP contribution in [0.1, 0.15) is 95.5 Å². The quantitative estimate of drug-likeness (QED) is 0.0365. The van der Waals surface area contributed by atoms with Crippen molar-refractivity contribution in [3.63, 3.8) is 0 Å². The van der Waals surface area contributed by atoms with Crippen LogP contribution in [0, 0.1) is 12.8 Å². The molecule has 5 aromatic rings. The zero-order valence-corrected chi connectivity index (χ0v) is 33.1. The molecule has 1 saturated carbocycles. The normalized spacial score (nSPS) is 17.1. The Kier molecular flexibility index (Phi) is 12.2. The molecule has 0 radical (unpaired) electrons. The van der Waals surface area contributed by atoms with Crippen molar-refractivity contribution in [2.75, 3.05) is 23.4 Å². The summed E-state index contributed by atoms with van der Waals surface area (Å²) in [6, 6.07) is 27.2. The summed E-state index contributed by atoms with van der Waals surface area (Å²) in [7, 11) is 0. The van der Waals surface area contributed by atoms with E-state index in [0.717, 1.165) is 64.4 Å². The second kappa shape index (κ2) is 17.6. The zero-order valence-electron chi connectivity index (χ0n) is 32.3. The Labute approximate surface area is 336 Å². The number of primary amides is 1. The van der Waals surface area contributed by atoms with Crippen molar-refractivity contribution in [1.29, 1.82) is 0 Å². The number of hydrogen-bond acceptors (Lipinski definition) is 9. The predicted octanol–water partition coefficient (Wildman–Crippen LogP) is 8.33. The Morgan fingerprint density at radius 2 is 1.67 bits per heavy atom. The van der Waals surface area contributed by atoms with Gasteiger partial charge in [-0.25, -0.2) is 4.52 Å². The highest BCUT2D eigenvalue weighted by Gasteiger charge is 2.43. The largest absolute Gasteiger partial charge is 0.384 e. The molecule has 3 heterocycles. The summed E-state index contributed by atoms with van der Waals surface area (Å²) < 4.78 is 2.01. The Hall–Kier alpha value is -5.75. The van der Waals surface area contributed by atoms with E-state index in [-0.39, 0.29) is 29.9 Å². The second-order valence-electron chi connectivity index (χ2n) is 14.9. The minimum atomic E-state index is -1.19. The Bertz CT molecular complexity index is 2300. The summed E-state index contributed by atoms with van der Waals surface area (Å²) in [5.41, 5.74) is 13.0. The van der Waals surface area contributed by atoms with Crippen molar-refractivity contribution in [2.45, 2.75) is 81.6 Å². The maximum Gasteiger partial charge on any atom is 0.264 e. The molecule has 0 saturated heterocycles. The molecule has 294 valence electrons. The van der Waals surface area contributed by atoms with Gasteiger partial charge in [0.05, 0.1) is 22.3 Å². The number of pyridine rings is 1. The third-order valence-electron chi connectivity index (χ3n) is 11.4. The third kappa shape index (κ3) is 8.37. The number of nitrogens with two attached hydrogens (primary N) is 1. The lowest BCUT2D eigenvalue weighted by molar-refractivity contribution is -0.124. The van der Waals surface area contributed by atoms with Crippen LogP contribution >= 0.6 is 11.8 Å². The molecule has 0 spiro atoms. The minimum Gasteiger partial charge on any atom is -0.384 e. The van der Waals surface area contributed by atoms with Gasteiger partial charge in [-0.05, 0) is 118 Å². The lowest BCUT2D eigenvalue weighted by Gasteiger charge is -2.28. The number of carbonyl (C=O) groups is 5. The van der Waals surface area contributed by atoms with Crippen molar-refractivity contribution in [2.24, 2.45) is 11.7 Å². The molecule has 1 aliphatic carbocycles. The number of imide groups is 1. The minimum absolute atomic E-state index is 0.000742. The fourth-order valence-electron chi connectivity index (χ4n) is 8.22. The second-order valence-corrected chi connectivity index (χ2v) is 15.8. The van der Waals surface area contributed by atoms with Gasteiger partial charge in [-0.15, -0.1) is 16.9 Å². The van der Waals surface area contributed by atoms with Gasteiger partial charge >= 0.3 is 0 Å². The number of benzene rings is 3. The van der Waals surface area contributed by atoms with Crippen LogP contribution in [0.25, 0.3) is 16.8 Å². The van der Waals surface area contributed by atoms with E-state index in [1.807, 2.05) is 4.52 Å². The molecule has 1 aliphatic heterocycles. The Balaban J connectivity index is 0.871. The summed E-state index contributed by atoms with van der Waals surface area (Å²) >= 11 is 1.73. The highest BCUT2D eigenvalue weighted by atomic mass is 32.2. The standard InChI is InChI=1S/C45H48N6O5S/c1-28-37-10-6-11-38(31-20-24-34(57-2)25-21-31)51(37)49-43(28)48-33-22-18-30(19-23-33)29-14-16-32(17-15-29)40(53)13-3-4-26-47-36-9-5-8-35-41(36)45(56)50(44(35)55)39(42(46)54)12-7-27-52/h5-6,8-11,18-25,27,29,32,39,47H,3-4,7,12-17,26H2,1-2H3,(H2,46,54)(H,48,49). The SMILES string of the molecule is CSc1ccc(-c2cccc3c(C)c(Nc4ccc(C5CCC(C(=O)CCCCNc6cccc7c6C(=O)N(C(CCC=O)C(N)=O)C7=O)CC5)cc4)nn23)cc1. The predicted molar refractivity (Wildman–Crippen MR) is 224 cm³/mol. The van der Waals surface area contributed by atoms with E-state index in [0.29, 0.717) is 49.5 Å². The van der Waals surface area contributed by atoms with Gasteiger partial charge in [-0.2, -0.15) is 0 Å². The number of aldehydes is 1. The van der Waals surface area contributed by atoms with Crippen LogP contribution in [0.2, 0.25) is 0 Å². The fraction of sp³-hybridized carbons (Fsp3) is 0.333. The van der Waals surface area contributed by atoms with Crippen LogP contribution in [0.15, 0.2) is 89.8 Å². The first-order chi connectivity index (χ1) is 27.7. The number of Topliss-reactive ketones (excluding diaryl/α,β-unsaturated/α-hetero) is 1. The van der Waals surface area contributed by atoms with Crippen LogP contribution in [0.3, 0.4) is 0 Å². The topological polar surface area (TPSA) is 156 Å². The van der Waals surface area contributed by atoms with Crippen LogP contribution in [-0.2, 0) is 14.4 Å². The highest BCUT2D eigenvalue weighted by Crippen LogP contribution is 2.38. The molecule has 4 N–H and O–H groups in total. The number of aromatic nitrogens is 2. The molecule has 7 rings (SSSR count). The molecule has 12 heteroatoms. The number of hydrogen-bond donors (Lipinski definition) is 3. The number of fused-ring (bicyclic) bond motifs is 2. The molecule has 0 bridgehead atoms. The van der Waals surface area contributed by atoms with Gasteiger partial charge in [0.15, 0.2) is 5.82 Å². The number of ketones is 1. The zero-order chi connectivity index (χ0) is 40.1. The molecule has 1 fully saturated rings. The molecule has 57 heavy (non-hydrogen) atoms. The summed E-state index contributed by atoms with van der Waals surface area (Å²) in [5.74, 6) is -0.403. The van der Waals surface area contributed by atoms with E-state index >= 15 is 0 Å². The first kappa shape index (κ1) is 39.5. The van der Waals surface area contributed by atoms with Gasteiger partial charge in [-0.1, -0.05) is 36.4 Å². The lowest BCUT2D eigenvalue weighted by atomic mass is 9.76. The molecule has 1 atom stereocenters. The summed E-state index contributed by atoms with van der Waals surface area (Å²) in [6.45, 7) is 2.61. The van der Waals surface area contributed by atoms with E-state index in [4.69, 9.17) is 10.8 Å². The Morgan fingerprint density at radius 1 is 0.930 bits per heavy atom. The van der Waals surface area contributed by atoms with Gasteiger partial charge in [0, 0.05) is 52.7 Å². The van der Waals surface area contributed by atoms with Gasteiger partial charge in [0.2, 0.25) is 5.91 Å². The molecule has 2 aromatic heterocycles. The first-order valence-electron chi connectivity index (χ1n) is 19.7. The van der Waals surface area contributed by atoms with Crippen molar-refractivity contribution in [3.8, 4) is 11.3 Å². The number of aryl methyl sites for hydroxylation is 1. The van der Waals surface area contributed by atoms with E-state index in [1.54, 1.807) is 30.0 Å². The Morgan fingerprint density at radius 3 is 2.37 bits per heavy atom. The van der Waals surface area contributed by atoms with Crippen molar-refractivity contribution >= 4 is 64.3 Å². The van der Waals surface area contributed by atoms with E-state index in [1.165, 1.54) is 10.5 Å². The molecule has 1 unspecified atom stereocenters. The fourth-order valence-corrected chi connectivity index (χ4v) is 8.63. The van der Waals surface area contributed by atoms with Crippen LogP contribution in [0.4, 0.5) is 17.2 Å². The lowest BCUT2D eigenvalue weighted by Crippen LogP contribution is -2.47. The number of rotatable bonds is 17. The van der Waals surface area contributed by atoms with Gasteiger partial charge in [0.1, 0.15) is 18.1 Å². The molecule has 2 aliphatic rings. The monoisotopic (exact) mass is 784 g/mol.